The van der Waals surface area contributed by atoms with Crippen LogP contribution in [-0.4, -0.2) is 21.4 Å². The third-order valence-corrected chi connectivity index (χ3v) is 12.6. The Balaban J connectivity index is 1.50. The van der Waals surface area contributed by atoms with Crippen LogP contribution in [0.4, 0.5) is 0 Å². The maximum atomic E-state index is 14.5. The molecule has 6 nitrogen and oxygen atoms in total. The summed E-state index contributed by atoms with van der Waals surface area (Å²) < 4.78 is 70.7. The normalized spacial score (nSPS) is 20.8. The summed E-state index contributed by atoms with van der Waals surface area (Å²) in [6.07, 6.45) is 15.9. The lowest BCUT2D eigenvalue weighted by atomic mass is 9.76. The molecule has 3 aliphatic rings. The Hall–Kier alpha value is -2.26. The Bertz CT molecular complexity index is 1610. The molecular weight excluding hydrogens is 581 g/mol. The molecular formula is C35H44O6S2. The molecule has 3 aliphatic carbocycles. The predicted octanol–water partition coefficient (Wildman–Crippen LogP) is 9.27. The van der Waals surface area contributed by atoms with Crippen molar-refractivity contribution in [2.45, 2.75) is 124 Å². The Morgan fingerprint density at radius 1 is 0.605 bits per heavy atom. The Kier molecular flexibility index (Phi) is 9.30. The number of hydrogen-bond acceptors (Lipinski definition) is 5. The second-order valence-electron chi connectivity index (χ2n) is 13.0. The summed E-state index contributed by atoms with van der Waals surface area (Å²) in [5.74, 6) is 0.579. The minimum absolute atomic E-state index is 0.0814. The van der Waals surface area contributed by atoms with Crippen LogP contribution in [0.25, 0.3) is 10.8 Å². The van der Waals surface area contributed by atoms with Crippen LogP contribution in [0.1, 0.15) is 142 Å². The summed E-state index contributed by atoms with van der Waals surface area (Å²) in [7, 11) is -9.52. The van der Waals surface area contributed by atoms with Gasteiger partial charge < -0.3 is 0 Å². The summed E-state index contributed by atoms with van der Waals surface area (Å²) in [6.45, 7) is 0. The van der Waals surface area contributed by atoms with Crippen LogP contribution in [0.15, 0.2) is 59.5 Å². The van der Waals surface area contributed by atoms with Gasteiger partial charge in [-0.15, -0.1) is 0 Å². The molecule has 0 aliphatic heterocycles. The van der Waals surface area contributed by atoms with Gasteiger partial charge >= 0.3 is 0 Å². The van der Waals surface area contributed by atoms with Gasteiger partial charge in [-0.3, -0.25) is 4.55 Å². The minimum Gasteiger partial charge on any atom is -0.283 e. The van der Waals surface area contributed by atoms with Crippen LogP contribution in [0.2, 0.25) is 0 Å². The van der Waals surface area contributed by atoms with Gasteiger partial charge in [0.2, 0.25) is 5.44 Å². The van der Waals surface area contributed by atoms with E-state index in [9.17, 15) is 21.4 Å². The molecule has 0 saturated heterocycles. The molecule has 0 heterocycles. The second-order valence-corrected chi connectivity index (χ2v) is 16.0. The third kappa shape index (κ3) is 6.87. The SMILES string of the molecule is O=S(=O)(OC(c1ccc2ccccc2c1)S(=O)(=O)O)c1c(C2CCCCC2)cc(C2CCCCC2)cc1C1CCCCC1. The Morgan fingerprint density at radius 3 is 1.60 bits per heavy atom. The standard InChI is InChI=1S/C35H44O6S2/c36-42(37,38)35(30-21-20-26-14-10-11-19-29(26)22-30)41-43(39,40)34-32(27-15-6-2-7-16-27)23-31(25-12-4-1-5-13-25)24-33(34)28-17-8-3-9-18-28/h10-11,14,19-25,27-28,35H,1-9,12-13,15-18H2,(H,36,37,38). The van der Waals surface area contributed by atoms with Crippen molar-refractivity contribution in [3.63, 3.8) is 0 Å². The van der Waals surface area contributed by atoms with Gasteiger partial charge in [-0.25, -0.2) is 4.18 Å². The van der Waals surface area contributed by atoms with Crippen molar-refractivity contribution in [1.82, 2.24) is 0 Å². The van der Waals surface area contributed by atoms with Gasteiger partial charge in [-0.05, 0) is 89.8 Å². The first-order valence-electron chi connectivity index (χ1n) is 16.3. The number of hydrogen-bond donors (Lipinski definition) is 1. The topological polar surface area (TPSA) is 97.7 Å². The van der Waals surface area contributed by atoms with Crippen LogP contribution in [0, 0.1) is 0 Å². The molecule has 1 unspecified atom stereocenters. The molecule has 1 atom stereocenters. The minimum atomic E-state index is -4.93. The molecule has 0 radical (unpaired) electrons. The molecule has 6 rings (SSSR count). The fourth-order valence-electron chi connectivity index (χ4n) is 7.89. The molecule has 0 spiro atoms. The van der Waals surface area contributed by atoms with Crippen molar-refractivity contribution >= 4 is 31.0 Å². The lowest BCUT2D eigenvalue weighted by Gasteiger charge is -2.32. The first-order valence-corrected chi connectivity index (χ1v) is 19.2. The Morgan fingerprint density at radius 2 is 1.09 bits per heavy atom. The smallest absolute Gasteiger partial charge is 0.283 e. The average Bonchev–Trinajstić information content (AvgIpc) is 3.03. The lowest BCUT2D eigenvalue weighted by molar-refractivity contribution is 0.265. The molecule has 0 amide bonds. The van der Waals surface area contributed by atoms with Crippen molar-refractivity contribution in [1.29, 1.82) is 0 Å². The van der Waals surface area contributed by atoms with E-state index in [0.29, 0.717) is 5.92 Å². The van der Waals surface area contributed by atoms with E-state index in [4.69, 9.17) is 4.18 Å². The van der Waals surface area contributed by atoms with Gasteiger partial charge in [-0.1, -0.05) is 106 Å². The van der Waals surface area contributed by atoms with Gasteiger partial charge in [0.05, 0.1) is 0 Å². The van der Waals surface area contributed by atoms with E-state index in [0.717, 1.165) is 98.9 Å². The van der Waals surface area contributed by atoms with E-state index < -0.39 is 25.7 Å². The second kappa shape index (κ2) is 13.0. The number of rotatable bonds is 8. The van der Waals surface area contributed by atoms with Crippen molar-refractivity contribution in [2.24, 2.45) is 0 Å². The Labute approximate surface area is 257 Å². The van der Waals surface area contributed by atoms with E-state index in [2.05, 4.69) is 12.1 Å². The molecule has 3 aromatic carbocycles. The van der Waals surface area contributed by atoms with Crippen molar-refractivity contribution in [3.8, 4) is 0 Å². The molecule has 3 aromatic rings. The molecule has 1 N–H and O–H groups in total. The highest BCUT2D eigenvalue weighted by Crippen LogP contribution is 2.47. The van der Waals surface area contributed by atoms with Crippen molar-refractivity contribution in [3.05, 3.63) is 76.9 Å². The van der Waals surface area contributed by atoms with Crippen LogP contribution in [0.3, 0.4) is 0 Å². The maximum Gasteiger partial charge on any atom is 0.299 e. The van der Waals surface area contributed by atoms with E-state index in [1.165, 1.54) is 30.9 Å². The fourth-order valence-corrected chi connectivity index (χ4v) is 10.6. The average molecular weight is 625 g/mol. The zero-order valence-corrected chi connectivity index (χ0v) is 26.6. The van der Waals surface area contributed by atoms with Crippen LogP contribution < -0.4 is 0 Å². The van der Waals surface area contributed by atoms with Crippen molar-refractivity contribution < 1.29 is 25.6 Å². The first-order chi connectivity index (χ1) is 20.7. The highest BCUT2D eigenvalue weighted by atomic mass is 32.2. The first kappa shape index (κ1) is 30.8. The predicted molar refractivity (Wildman–Crippen MR) is 170 cm³/mol. The monoisotopic (exact) mass is 624 g/mol. The fraction of sp³-hybridized carbons (Fsp3) is 0.543. The molecule has 232 valence electrons. The largest absolute Gasteiger partial charge is 0.299 e. The van der Waals surface area contributed by atoms with Crippen molar-refractivity contribution in [2.75, 3.05) is 0 Å². The summed E-state index contributed by atoms with van der Waals surface area (Å²) >= 11 is 0. The van der Waals surface area contributed by atoms with E-state index in [-0.39, 0.29) is 22.3 Å². The lowest BCUT2D eigenvalue weighted by Crippen LogP contribution is -2.24. The zero-order valence-electron chi connectivity index (χ0n) is 24.9. The molecule has 43 heavy (non-hydrogen) atoms. The number of benzene rings is 3. The van der Waals surface area contributed by atoms with Gasteiger partial charge in [0.15, 0.2) is 0 Å². The zero-order chi connectivity index (χ0) is 30.0. The van der Waals surface area contributed by atoms with E-state index >= 15 is 0 Å². The summed E-state index contributed by atoms with van der Waals surface area (Å²) in [4.78, 5) is 0.167. The van der Waals surface area contributed by atoms with E-state index in [1.54, 1.807) is 12.1 Å². The van der Waals surface area contributed by atoms with Crippen LogP contribution >= 0.6 is 0 Å². The van der Waals surface area contributed by atoms with Gasteiger partial charge in [0.25, 0.3) is 20.2 Å². The molecule has 0 aromatic heterocycles. The molecule has 0 bridgehead atoms. The highest BCUT2D eigenvalue weighted by Gasteiger charge is 2.38. The summed E-state index contributed by atoms with van der Waals surface area (Å²) in [6, 6.07) is 16.5. The molecule has 8 heteroatoms. The van der Waals surface area contributed by atoms with Gasteiger partial charge in [-0.2, -0.15) is 16.8 Å². The van der Waals surface area contributed by atoms with E-state index in [1.807, 2.05) is 24.3 Å². The van der Waals surface area contributed by atoms with Gasteiger partial charge in [0, 0.05) is 5.56 Å². The quantitative estimate of drug-likeness (QED) is 0.198. The number of fused-ring (bicyclic) bond motifs is 1. The van der Waals surface area contributed by atoms with Crippen LogP contribution in [-0.2, 0) is 24.4 Å². The summed E-state index contributed by atoms with van der Waals surface area (Å²) in [5.41, 5.74) is 0.869. The summed E-state index contributed by atoms with van der Waals surface area (Å²) in [5, 5.41) is 1.61. The highest BCUT2D eigenvalue weighted by molar-refractivity contribution is 7.89. The third-order valence-electron chi connectivity index (χ3n) is 10.1. The maximum absolute atomic E-state index is 14.5. The molecule has 3 saturated carbocycles. The molecule has 3 fully saturated rings. The van der Waals surface area contributed by atoms with Crippen LogP contribution in [0.5, 0.6) is 0 Å². The van der Waals surface area contributed by atoms with Gasteiger partial charge in [0.1, 0.15) is 4.90 Å².